The summed E-state index contributed by atoms with van der Waals surface area (Å²) in [6.07, 6.45) is -5.30. The number of urea groups is 1. The number of rotatable bonds is 4. The second kappa shape index (κ2) is 8.27. The summed E-state index contributed by atoms with van der Waals surface area (Å²) in [6.45, 7) is 1.43. The zero-order valence-corrected chi connectivity index (χ0v) is 16.6. The normalized spacial score (nSPS) is 13.4. The molecule has 3 aromatic carbocycles. The number of nitrogens with one attached hydrogen (secondary N) is 2. The van der Waals surface area contributed by atoms with Crippen molar-refractivity contribution in [2.75, 3.05) is 17.7 Å². The van der Waals surface area contributed by atoms with Crippen LogP contribution in [-0.2, 0) is 15.1 Å². The Balaban J connectivity index is 1.80. The maximum absolute atomic E-state index is 13.4. The lowest BCUT2D eigenvalue weighted by molar-refractivity contribution is -0.266. The van der Waals surface area contributed by atoms with E-state index in [1.807, 2.05) is 30.3 Å². The molecule has 0 heterocycles. The molecule has 9 heteroatoms. The van der Waals surface area contributed by atoms with E-state index >= 15 is 0 Å². The molecule has 0 radical (unpaired) electrons. The Bertz CT molecular complexity index is 1150. The number of fused-ring (bicyclic) bond motifs is 1. The Morgan fingerprint density at radius 2 is 1.61 bits per heavy atom. The number of carbonyl (C=O) groups is 2. The molecule has 0 saturated carbocycles. The van der Waals surface area contributed by atoms with E-state index in [4.69, 9.17) is 0 Å². The number of aliphatic hydroxyl groups is 1. The number of hydrogen-bond donors (Lipinski definition) is 3. The summed E-state index contributed by atoms with van der Waals surface area (Å²) in [5, 5.41) is 17.2. The molecule has 0 unspecified atom stereocenters. The molecule has 0 aliphatic carbocycles. The molecule has 31 heavy (non-hydrogen) atoms. The molecule has 3 N–H and O–H groups in total. The summed E-state index contributed by atoms with van der Waals surface area (Å²) in [4.78, 5) is 24.0. The van der Waals surface area contributed by atoms with Gasteiger partial charge in [0.25, 0.3) is 5.60 Å². The Morgan fingerprint density at radius 1 is 0.935 bits per heavy atom. The van der Waals surface area contributed by atoms with Crippen LogP contribution < -0.4 is 10.6 Å². The Hall–Kier alpha value is -3.59. The first kappa shape index (κ1) is 22.1. The number of esters is 1. The lowest BCUT2D eigenvalue weighted by Crippen LogP contribution is -2.49. The summed E-state index contributed by atoms with van der Waals surface area (Å²) in [5.74, 6) is -1.85. The molecule has 6 nitrogen and oxygen atoms in total. The highest BCUT2D eigenvalue weighted by Crippen LogP contribution is 2.40. The van der Waals surface area contributed by atoms with Crippen molar-refractivity contribution in [2.45, 2.75) is 18.7 Å². The Morgan fingerprint density at radius 3 is 2.23 bits per heavy atom. The molecule has 0 bridgehead atoms. The molecule has 2 amide bonds. The van der Waals surface area contributed by atoms with Crippen molar-refractivity contribution in [1.82, 2.24) is 0 Å². The van der Waals surface area contributed by atoms with Gasteiger partial charge in [-0.15, -0.1) is 0 Å². The fourth-order valence-electron chi connectivity index (χ4n) is 3.13. The lowest BCUT2D eigenvalue weighted by Gasteiger charge is -2.28. The van der Waals surface area contributed by atoms with Crippen LogP contribution in [-0.4, -0.2) is 30.4 Å². The number of anilines is 2. The number of benzene rings is 3. The van der Waals surface area contributed by atoms with Crippen LogP contribution in [0.25, 0.3) is 10.8 Å². The first-order valence-electron chi connectivity index (χ1n) is 9.11. The number of methoxy groups -OCH3 is 1. The number of amides is 2. The van der Waals surface area contributed by atoms with Gasteiger partial charge in [0.1, 0.15) is 0 Å². The van der Waals surface area contributed by atoms with Gasteiger partial charge >= 0.3 is 18.2 Å². The summed E-state index contributed by atoms with van der Waals surface area (Å²) in [7, 11) is 0.749. The van der Waals surface area contributed by atoms with Crippen molar-refractivity contribution in [3.8, 4) is 0 Å². The average Bonchev–Trinajstić information content (AvgIpc) is 2.73. The highest BCUT2D eigenvalue weighted by Gasteiger charge is 2.62. The van der Waals surface area contributed by atoms with Gasteiger partial charge in [-0.25, -0.2) is 9.59 Å². The SMILES string of the molecule is COC(=O)[C@](O)(c1ccc(NC(=O)Nc2ccc3ccccc3c2)c(C)c1)C(F)(F)F. The number of ether oxygens (including phenoxy) is 1. The summed E-state index contributed by atoms with van der Waals surface area (Å²) < 4.78 is 44.3. The third-order valence-corrected chi connectivity index (χ3v) is 4.79. The standard InChI is InChI=1S/C22H19F3N2O4/c1-13-11-16(21(30,19(28)31-2)22(23,24)25)8-10-18(13)27-20(29)26-17-9-7-14-5-3-4-6-15(14)12-17/h3-12,30H,1-2H3,(H2,26,27,29)/t21-/m1/s1. The monoisotopic (exact) mass is 432 g/mol. The topological polar surface area (TPSA) is 87.7 Å². The van der Waals surface area contributed by atoms with Crippen molar-refractivity contribution < 1.29 is 32.6 Å². The van der Waals surface area contributed by atoms with E-state index in [9.17, 15) is 27.9 Å². The second-order valence-electron chi connectivity index (χ2n) is 6.87. The lowest BCUT2D eigenvalue weighted by atomic mass is 9.91. The van der Waals surface area contributed by atoms with E-state index in [1.54, 1.807) is 12.1 Å². The van der Waals surface area contributed by atoms with E-state index < -0.39 is 29.3 Å². The first-order chi connectivity index (χ1) is 14.6. The van der Waals surface area contributed by atoms with Crippen molar-refractivity contribution in [2.24, 2.45) is 0 Å². The van der Waals surface area contributed by atoms with Gasteiger partial charge in [-0.05, 0) is 41.5 Å². The highest BCUT2D eigenvalue weighted by molar-refractivity contribution is 6.01. The second-order valence-corrected chi connectivity index (χ2v) is 6.87. The van der Waals surface area contributed by atoms with E-state index in [0.29, 0.717) is 5.69 Å². The van der Waals surface area contributed by atoms with Crippen LogP contribution in [0.2, 0.25) is 0 Å². The maximum atomic E-state index is 13.4. The van der Waals surface area contributed by atoms with Gasteiger partial charge in [0.2, 0.25) is 0 Å². The fraction of sp³-hybridized carbons (Fsp3) is 0.182. The van der Waals surface area contributed by atoms with Crippen molar-refractivity contribution in [3.63, 3.8) is 0 Å². The molecule has 0 fully saturated rings. The average molecular weight is 432 g/mol. The number of halogens is 3. The quantitative estimate of drug-likeness (QED) is 0.521. The van der Waals surface area contributed by atoms with Crippen molar-refractivity contribution >= 4 is 34.1 Å². The van der Waals surface area contributed by atoms with Crippen LogP contribution in [0.1, 0.15) is 11.1 Å². The van der Waals surface area contributed by atoms with E-state index in [0.717, 1.165) is 30.0 Å². The summed E-state index contributed by atoms with van der Waals surface area (Å²) in [6, 6.07) is 15.4. The Labute approximate surface area is 175 Å². The zero-order chi connectivity index (χ0) is 22.8. The van der Waals surface area contributed by atoms with Crippen LogP contribution in [0.5, 0.6) is 0 Å². The van der Waals surface area contributed by atoms with E-state index in [-0.39, 0.29) is 11.3 Å². The zero-order valence-electron chi connectivity index (χ0n) is 16.6. The van der Waals surface area contributed by atoms with Gasteiger partial charge in [-0.3, -0.25) is 0 Å². The minimum Gasteiger partial charge on any atom is -0.466 e. The molecule has 0 spiro atoms. The third-order valence-electron chi connectivity index (χ3n) is 4.79. The highest BCUT2D eigenvalue weighted by atomic mass is 19.4. The minimum atomic E-state index is -5.30. The molecule has 0 aromatic heterocycles. The molecule has 0 saturated heterocycles. The van der Waals surface area contributed by atoms with Crippen LogP contribution in [0, 0.1) is 6.92 Å². The van der Waals surface area contributed by atoms with Crippen LogP contribution >= 0.6 is 0 Å². The number of carbonyl (C=O) groups excluding carboxylic acids is 2. The summed E-state index contributed by atoms with van der Waals surface area (Å²) in [5.41, 5.74) is -3.60. The summed E-state index contributed by atoms with van der Waals surface area (Å²) >= 11 is 0. The van der Waals surface area contributed by atoms with Crippen LogP contribution in [0.15, 0.2) is 60.7 Å². The van der Waals surface area contributed by atoms with Crippen molar-refractivity contribution in [3.05, 3.63) is 71.8 Å². The van der Waals surface area contributed by atoms with Crippen molar-refractivity contribution in [1.29, 1.82) is 0 Å². The van der Waals surface area contributed by atoms with Gasteiger partial charge < -0.3 is 20.5 Å². The smallest absolute Gasteiger partial charge is 0.432 e. The molecule has 0 aliphatic rings. The molecule has 0 aliphatic heterocycles. The third kappa shape index (κ3) is 4.31. The van der Waals surface area contributed by atoms with Gasteiger partial charge in [0, 0.05) is 16.9 Å². The van der Waals surface area contributed by atoms with Gasteiger partial charge in [0.15, 0.2) is 0 Å². The van der Waals surface area contributed by atoms with E-state index in [1.165, 1.54) is 13.0 Å². The molecule has 3 rings (SSSR count). The largest absolute Gasteiger partial charge is 0.466 e. The van der Waals surface area contributed by atoms with Gasteiger partial charge in [-0.2, -0.15) is 13.2 Å². The molecular formula is C22H19F3N2O4. The van der Waals surface area contributed by atoms with Crippen LogP contribution in [0.4, 0.5) is 29.3 Å². The Kier molecular flexibility index (Phi) is 5.90. The van der Waals surface area contributed by atoms with Gasteiger partial charge in [-0.1, -0.05) is 42.5 Å². The minimum absolute atomic E-state index is 0.205. The maximum Gasteiger partial charge on any atom is 0.432 e. The number of hydrogen-bond acceptors (Lipinski definition) is 4. The molecule has 162 valence electrons. The number of aryl methyl sites for hydroxylation is 1. The fourth-order valence-corrected chi connectivity index (χ4v) is 3.13. The van der Waals surface area contributed by atoms with E-state index in [2.05, 4.69) is 15.4 Å². The molecule has 1 atom stereocenters. The predicted octanol–water partition coefficient (Wildman–Crippen LogP) is 4.72. The first-order valence-corrected chi connectivity index (χ1v) is 9.11. The van der Waals surface area contributed by atoms with Crippen LogP contribution in [0.3, 0.4) is 0 Å². The van der Waals surface area contributed by atoms with Gasteiger partial charge in [0.05, 0.1) is 7.11 Å². The molecular weight excluding hydrogens is 413 g/mol. The number of alkyl halides is 3. The predicted molar refractivity (Wildman–Crippen MR) is 110 cm³/mol. The molecule has 3 aromatic rings.